The quantitative estimate of drug-likeness (QED) is 0.523. The molecule has 0 aliphatic heterocycles. The van der Waals surface area contributed by atoms with Crippen LogP contribution in [0.5, 0.6) is 5.75 Å². The molecule has 2 aromatic heterocycles. The fourth-order valence-electron chi connectivity index (χ4n) is 3.46. The van der Waals surface area contributed by atoms with Crippen LogP contribution in [0.1, 0.15) is 16.2 Å². The number of carbonyl (C=O) groups is 1. The first-order valence-corrected chi connectivity index (χ1v) is 9.92. The standard InChI is InChI=1S/C24H25N5O2/c1-15-25-14-21(29(15)4)16-8-9-20(22(11-16)31-5)27-23-12-19-10-17(24(30)28(2)3)6-7-18(19)13-26-23/h6-14H,1-5H3,(H,26,27). The summed E-state index contributed by atoms with van der Waals surface area (Å²) in [6, 6.07) is 13.5. The highest BCUT2D eigenvalue weighted by atomic mass is 16.5. The van der Waals surface area contributed by atoms with Gasteiger partial charge in [-0.1, -0.05) is 12.1 Å². The van der Waals surface area contributed by atoms with E-state index in [2.05, 4.69) is 15.3 Å². The molecule has 0 fully saturated rings. The van der Waals surface area contributed by atoms with Gasteiger partial charge in [-0.15, -0.1) is 0 Å². The molecule has 0 atom stereocenters. The molecule has 0 bridgehead atoms. The molecule has 4 rings (SSSR count). The van der Waals surface area contributed by atoms with E-state index in [1.165, 1.54) is 0 Å². The minimum absolute atomic E-state index is 0.0316. The number of hydrogen-bond acceptors (Lipinski definition) is 5. The molecule has 4 aromatic rings. The third-order valence-electron chi connectivity index (χ3n) is 5.36. The van der Waals surface area contributed by atoms with Gasteiger partial charge in [-0.3, -0.25) is 4.79 Å². The topological polar surface area (TPSA) is 72.3 Å². The Morgan fingerprint density at radius 1 is 1.03 bits per heavy atom. The molecule has 1 amide bonds. The number of imidazole rings is 1. The summed E-state index contributed by atoms with van der Waals surface area (Å²) in [5, 5.41) is 5.24. The summed E-state index contributed by atoms with van der Waals surface area (Å²) in [5.41, 5.74) is 3.48. The molecule has 0 saturated carbocycles. The van der Waals surface area contributed by atoms with Crippen molar-refractivity contribution in [2.45, 2.75) is 6.92 Å². The number of fused-ring (bicyclic) bond motifs is 1. The highest BCUT2D eigenvalue weighted by Gasteiger charge is 2.12. The Kier molecular flexibility index (Phi) is 5.33. The number of aromatic nitrogens is 3. The van der Waals surface area contributed by atoms with E-state index in [0.29, 0.717) is 17.1 Å². The predicted octanol–water partition coefficient (Wildman–Crippen LogP) is 4.40. The monoisotopic (exact) mass is 415 g/mol. The highest BCUT2D eigenvalue weighted by Crippen LogP contribution is 2.33. The SMILES string of the molecule is COc1cc(-c2cnc(C)n2C)ccc1Nc1cc2cc(C(=O)N(C)C)ccc2cn1. The number of anilines is 2. The third-order valence-corrected chi connectivity index (χ3v) is 5.36. The molecule has 1 N–H and O–H groups in total. The molecule has 7 heteroatoms. The zero-order valence-corrected chi connectivity index (χ0v) is 18.3. The van der Waals surface area contributed by atoms with Crippen LogP contribution in [0.2, 0.25) is 0 Å². The van der Waals surface area contributed by atoms with Gasteiger partial charge in [-0.05, 0) is 42.6 Å². The molecular formula is C24H25N5O2. The number of rotatable bonds is 5. The Balaban J connectivity index is 1.66. The summed E-state index contributed by atoms with van der Waals surface area (Å²) < 4.78 is 7.66. The maximum Gasteiger partial charge on any atom is 0.253 e. The lowest BCUT2D eigenvalue weighted by Gasteiger charge is -2.14. The number of ether oxygens (including phenoxy) is 1. The fourth-order valence-corrected chi connectivity index (χ4v) is 3.46. The molecule has 7 nitrogen and oxygen atoms in total. The lowest BCUT2D eigenvalue weighted by Crippen LogP contribution is -2.21. The summed E-state index contributed by atoms with van der Waals surface area (Å²) in [6.07, 6.45) is 3.65. The first kappa shape index (κ1) is 20.4. The van der Waals surface area contributed by atoms with Crippen molar-refractivity contribution in [3.63, 3.8) is 0 Å². The molecule has 0 aliphatic carbocycles. The van der Waals surface area contributed by atoms with Crippen molar-refractivity contribution < 1.29 is 9.53 Å². The van der Waals surface area contributed by atoms with Crippen molar-refractivity contribution in [3.8, 4) is 17.0 Å². The van der Waals surface area contributed by atoms with Gasteiger partial charge in [0.1, 0.15) is 17.4 Å². The number of benzene rings is 2. The maximum atomic E-state index is 12.3. The van der Waals surface area contributed by atoms with Crippen molar-refractivity contribution >= 4 is 28.2 Å². The van der Waals surface area contributed by atoms with Gasteiger partial charge in [0.05, 0.1) is 24.7 Å². The van der Waals surface area contributed by atoms with Gasteiger partial charge in [-0.25, -0.2) is 9.97 Å². The number of methoxy groups -OCH3 is 1. The molecule has 0 aliphatic rings. The van der Waals surface area contributed by atoms with Crippen molar-refractivity contribution in [3.05, 3.63) is 66.2 Å². The van der Waals surface area contributed by atoms with E-state index < -0.39 is 0 Å². The van der Waals surface area contributed by atoms with Gasteiger partial charge in [0.2, 0.25) is 0 Å². The summed E-state index contributed by atoms with van der Waals surface area (Å²) in [7, 11) is 7.12. The third kappa shape index (κ3) is 3.94. The molecule has 2 aromatic carbocycles. The number of hydrogen-bond donors (Lipinski definition) is 1. The molecule has 31 heavy (non-hydrogen) atoms. The summed E-state index contributed by atoms with van der Waals surface area (Å²) in [4.78, 5) is 22.7. The highest BCUT2D eigenvalue weighted by molar-refractivity contribution is 5.98. The number of nitrogens with zero attached hydrogens (tertiary/aromatic N) is 4. The average Bonchev–Trinajstić information content (AvgIpc) is 3.11. The normalized spacial score (nSPS) is 10.9. The smallest absolute Gasteiger partial charge is 0.253 e. The van der Waals surface area contributed by atoms with E-state index in [-0.39, 0.29) is 5.91 Å². The van der Waals surface area contributed by atoms with E-state index in [4.69, 9.17) is 4.74 Å². The number of aryl methyl sites for hydroxylation is 1. The van der Waals surface area contributed by atoms with Crippen LogP contribution in [0, 0.1) is 6.92 Å². The Morgan fingerprint density at radius 2 is 1.84 bits per heavy atom. The molecular weight excluding hydrogens is 390 g/mol. The number of pyridine rings is 1. The zero-order valence-electron chi connectivity index (χ0n) is 18.3. The van der Waals surface area contributed by atoms with Gasteiger partial charge in [0.15, 0.2) is 0 Å². The Labute approximate surface area is 181 Å². The second-order valence-electron chi connectivity index (χ2n) is 7.62. The van der Waals surface area contributed by atoms with Crippen LogP contribution in [0.3, 0.4) is 0 Å². The Morgan fingerprint density at radius 3 is 2.52 bits per heavy atom. The second-order valence-corrected chi connectivity index (χ2v) is 7.62. The Hall–Kier alpha value is -3.87. The lowest BCUT2D eigenvalue weighted by molar-refractivity contribution is 0.0828. The van der Waals surface area contributed by atoms with E-state index in [1.807, 2.05) is 67.2 Å². The van der Waals surface area contributed by atoms with Crippen LogP contribution in [-0.2, 0) is 7.05 Å². The molecule has 0 spiro atoms. The van der Waals surface area contributed by atoms with Gasteiger partial charge in [0.25, 0.3) is 5.91 Å². The van der Waals surface area contributed by atoms with Gasteiger partial charge >= 0.3 is 0 Å². The number of carbonyl (C=O) groups excluding carboxylic acids is 1. The minimum Gasteiger partial charge on any atom is -0.495 e. The van der Waals surface area contributed by atoms with E-state index in [9.17, 15) is 4.79 Å². The van der Waals surface area contributed by atoms with Crippen LogP contribution in [-0.4, -0.2) is 46.5 Å². The predicted molar refractivity (Wildman–Crippen MR) is 123 cm³/mol. The second kappa shape index (κ2) is 8.10. The van der Waals surface area contributed by atoms with Crippen LogP contribution in [0.15, 0.2) is 54.9 Å². The minimum atomic E-state index is -0.0316. The first-order valence-electron chi connectivity index (χ1n) is 9.92. The summed E-state index contributed by atoms with van der Waals surface area (Å²) in [6.45, 7) is 1.97. The van der Waals surface area contributed by atoms with Crippen molar-refractivity contribution in [1.82, 2.24) is 19.4 Å². The Bertz CT molecular complexity index is 1280. The lowest BCUT2D eigenvalue weighted by atomic mass is 10.1. The van der Waals surface area contributed by atoms with Crippen molar-refractivity contribution in [2.75, 3.05) is 26.5 Å². The molecule has 0 unspecified atom stereocenters. The maximum absolute atomic E-state index is 12.3. The zero-order chi connectivity index (χ0) is 22.1. The molecule has 0 saturated heterocycles. The molecule has 0 radical (unpaired) electrons. The van der Waals surface area contributed by atoms with Gasteiger partial charge < -0.3 is 19.5 Å². The number of amides is 1. The first-order chi connectivity index (χ1) is 14.9. The summed E-state index contributed by atoms with van der Waals surface area (Å²) in [5.74, 6) is 2.29. The van der Waals surface area contributed by atoms with E-state index in [1.54, 1.807) is 32.3 Å². The van der Waals surface area contributed by atoms with Crippen LogP contribution >= 0.6 is 0 Å². The largest absolute Gasteiger partial charge is 0.495 e. The van der Waals surface area contributed by atoms with Crippen LogP contribution in [0.4, 0.5) is 11.5 Å². The van der Waals surface area contributed by atoms with Crippen molar-refractivity contribution in [2.24, 2.45) is 7.05 Å². The fraction of sp³-hybridized carbons (Fsp3) is 0.208. The van der Waals surface area contributed by atoms with Crippen LogP contribution < -0.4 is 10.1 Å². The van der Waals surface area contributed by atoms with E-state index in [0.717, 1.165) is 33.5 Å². The van der Waals surface area contributed by atoms with Crippen LogP contribution in [0.25, 0.3) is 22.0 Å². The van der Waals surface area contributed by atoms with E-state index >= 15 is 0 Å². The number of nitrogens with one attached hydrogen (secondary N) is 1. The summed E-state index contributed by atoms with van der Waals surface area (Å²) >= 11 is 0. The van der Waals surface area contributed by atoms with Gasteiger partial charge in [0, 0.05) is 43.9 Å². The average molecular weight is 415 g/mol. The van der Waals surface area contributed by atoms with Crippen molar-refractivity contribution in [1.29, 1.82) is 0 Å². The van der Waals surface area contributed by atoms with Gasteiger partial charge in [-0.2, -0.15) is 0 Å². The molecule has 2 heterocycles. The molecule has 158 valence electrons.